The van der Waals surface area contributed by atoms with Gasteiger partial charge in [0.1, 0.15) is 0 Å². The van der Waals surface area contributed by atoms with Crippen LogP contribution >= 0.6 is 12.2 Å². The highest BCUT2D eigenvalue weighted by molar-refractivity contribution is 7.80. The summed E-state index contributed by atoms with van der Waals surface area (Å²) >= 11 is 4.74. The molecule has 0 unspecified atom stereocenters. The van der Waals surface area contributed by atoms with Gasteiger partial charge >= 0.3 is 6.18 Å². The summed E-state index contributed by atoms with van der Waals surface area (Å²) in [7, 11) is 0. The molecule has 110 valence electrons. The van der Waals surface area contributed by atoms with Gasteiger partial charge in [0.2, 0.25) is 0 Å². The highest BCUT2D eigenvalue weighted by Crippen LogP contribution is 2.36. The van der Waals surface area contributed by atoms with Crippen LogP contribution in [0.5, 0.6) is 0 Å². The highest BCUT2D eigenvalue weighted by atomic mass is 32.1. The van der Waals surface area contributed by atoms with Crippen molar-refractivity contribution in [1.82, 2.24) is 0 Å². The summed E-state index contributed by atoms with van der Waals surface area (Å²) in [5.41, 5.74) is 5.72. The number of anilines is 2. The van der Waals surface area contributed by atoms with Crippen LogP contribution in [0.3, 0.4) is 0 Å². The lowest BCUT2D eigenvalue weighted by molar-refractivity contribution is -0.137. The minimum absolute atomic E-state index is 0.0393. The van der Waals surface area contributed by atoms with E-state index in [1.807, 2.05) is 0 Å². The van der Waals surface area contributed by atoms with Crippen molar-refractivity contribution < 1.29 is 13.2 Å². The zero-order chi connectivity index (χ0) is 14.8. The average molecular weight is 303 g/mol. The van der Waals surface area contributed by atoms with Crippen molar-refractivity contribution in [3.05, 3.63) is 23.8 Å². The largest absolute Gasteiger partial charge is 0.416 e. The maximum Gasteiger partial charge on any atom is 0.416 e. The molecule has 0 aliphatic carbocycles. The maximum atomic E-state index is 12.8. The monoisotopic (exact) mass is 303 g/mol. The summed E-state index contributed by atoms with van der Waals surface area (Å²) in [4.78, 5) is 2.06. The fourth-order valence-corrected chi connectivity index (χ4v) is 2.47. The van der Waals surface area contributed by atoms with Crippen molar-refractivity contribution in [2.45, 2.75) is 25.4 Å². The van der Waals surface area contributed by atoms with E-state index in [9.17, 15) is 13.2 Å². The number of nitrogens with zero attached hydrogens (tertiary/aromatic N) is 1. The molecule has 3 N–H and O–H groups in total. The van der Waals surface area contributed by atoms with Gasteiger partial charge in [-0.25, -0.2) is 0 Å². The third-order valence-corrected chi connectivity index (χ3v) is 3.38. The topological polar surface area (TPSA) is 41.3 Å². The number of nitrogens with one attached hydrogen (secondary N) is 1. The van der Waals surface area contributed by atoms with Crippen molar-refractivity contribution in [1.29, 1.82) is 0 Å². The zero-order valence-corrected chi connectivity index (χ0v) is 11.7. The molecule has 1 saturated heterocycles. The van der Waals surface area contributed by atoms with Crippen molar-refractivity contribution in [3.8, 4) is 0 Å². The first-order valence-corrected chi connectivity index (χ1v) is 6.81. The number of thiocarbonyl (C=S) groups is 1. The summed E-state index contributed by atoms with van der Waals surface area (Å²) < 4.78 is 38.3. The zero-order valence-electron chi connectivity index (χ0n) is 10.8. The van der Waals surface area contributed by atoms with Gasteiger partial charge in [-0.2, -0.15) is 13.2 Å². The quantitative estimate of drug-likeness (QED) is 0.822. The molecule has 1 fully saturated rings. The Labute approximate surface area is 120 Å². The van der Waals surface area contributed by atoms with Crippen LogP contribution in [0.2, 0.25) is 0 Å². The fourth-order valence-electron chi connectivity index (χ4n) is 2.36. The highest BCUT2D eigenvalue weighted by Gasteiger charge is 2.31. The first kappa shape index (κ1) is 14.9. The predicted octanol–water partition coefficient (Wildman–Crippen LogP) is 3.35. The molecule has 0 bridgehead atoms. The molecule has 0 radical (unpaired) electrons. The third-order valence-electron chi connectivity index (χ3n) is 3.28. The summed E-state index contributed by atoms with van der Waals surface area (Å²) in [5, 5.41) is 2.61. The van der Waals surface area contributed by atoms with Crippen LogP contribution in [0, 0.1) is 0 Å². The maximum absolute atomic E-state index is 12.8. The van der Waals surface area contributed by atoms with Gasteiger partial charge in [-0.1, -0.05) is 0 Å². The van der Waals surface area contributed by atoms with E-state index in [1.54, 1.807) is 0 Å². The molecule has 7 heteroatoms. The normalized spacial score (nSPS) is 16.1. The Hall–Kier alpha value is -1.50. The van der Waals surface area contributed by atoms with Crippen LogP contribution in [-0.2, 0) is 6.18 Å². The smallest absolute Gasteiger partial charge is 0.376 e. The molecule has 3 nitrogen and oxygen atoms in total. The number of nitrogens with two attached hydrogens (primary N) is 1. The number of alkyl halides is 3. The molecular formula is C13H16F3N3S. The van der Waals surface area contributed by atoms with Gasteiger partial charge in [-0.3, -0.25) is 0 Å². The molecule has 0 atom stereocenters. The lowest BCUT2D eigenvalue weighted by Crippen LogP contribution is -2.31. The van der Waals surface area contributed by atoms with Crippen LogP contribution in [-0.4, -0.2) is 18.2 Å². The Morgan fingerprint density at radius 1 is 1.20 bits per heavy atom. The molecule has 0 amide bonds. The molecule has 1 aliphatic rings. The Balaban J connectivity index is 2.36. The van der Waals surface area contributed by atoms with Gasteiger partial charge in [0, 0.05) is 13.1 Å². The molecule has 0 spiro atoms. The van der Waals surface area contributed by atoms with Crippen LogP contribution < -0.4 is 16.0 Å². The van der Waals surface area contributed by atoms with Crippen LogP contribution in [0.1, 0.15) is 24.8 Å². The van der Waals surface area contributed by atoms with Crippen molar-refractivity contribution in [2.24, 2.45) is 5.73 Å². The van der Waals surface area contributed by atoms with E-state index in [2.05, 4.69) is 10.2 Å². The molecule has 1 heterocycles. The fraction of sp³-hybridized carbons (Fsp3) is 0.462. The average Bonchev–Trinajstić information content (AvgIpc) is 2.38. The van der Waals surface area contributed by atoms with E-state index in [0.29, 0.717) is 11.4 Å². The minimum Gasteiger partial charge on any atom is -0.376 e. The second-order valence-corrected chi connectivity index (χ2v) is 5.21. The Morgan fingerprint density at radius 3 is 2.40 bits per heavy atom. The number of piperidine rings is 1. The molecule has 1 aromatic carbocycles. The molecule has 1 aliphatic heterocycles. The van der Waals surface area contributed by atoms with E-state index >= 15 is 0 Å². The number of rotatable bonds is 2. The first-order chi connectivity index (χ1) is 9.38. The van der Waals surface area contributed by atoms with Crippen LogP contribution in [0.25, 0.3) is 0 Å². The van der Waals surface area contributed by atoms with E-state index in [0.717, 1.165) is 44.5 Å². The van der Waals surface area contributed by atoms with Crippen LogP contribution in [0.4, 0.5) is 24.5 Å². The minimum atomic E-state index is -4.38. The van der Waals surface area contributed by atoms with E-state index in [-0.39, 0.29) is 5.11 Å². The Bertz CT molecular complexity index is 496. The Kier molecular flexibility index (Phi) is 4.37. The second-order valence-electron chi connectivity index (χ2n) is 4.77. The Morgan fingerprint density at radius 2 is 1.85 bits per heavy atom. The third kappa shape index (κ3) is 3.53. The second kappa shape index (κ2) is 5.87. The van der Waals surface area contributed by atoms with Crippen LogP contribution in [0.15, 0.2) is 18.2 Å². The van der Waals surface area contributed by atoms with Gasteiger partial charge < -0.3 is 16.0 Å². The molecule has 0 aromatic heterocycles. The summed E-state index contributed by atoms with van der Waals surface area (Å²) in [6.45, 7) is 1.66. The summed E-state index contributed by atoms with van der Waals surface area (Å²) in [6, 6.07) is 3.63. The van der Waals surface area contributed by atoms with Gasteiger partial charge in [0.25, 0.3) is 0 Å². The van der Waals surface area contributed by atoms with Gasteiger partial charge in [-0.05, 0) is 49.7 Å². The number of benzene rings is 1. The van der Waals surface area contributed by atoms with Crippen molar-refractivity contribution in [3.63, 3.8) is 0 Å². The molecule has 2 rings (SSSR count). The molecule has 20 heavy (non-hydrogen) atoms. The number of hydrogen-bond acceptors (Lipinski definition) is 2. The van der Waals surface area contributed by atoms with Crippen molar-refractivity contribution >= 4 is 28.7 Å². The summed E-state index contributed by atoms with van der Waals surface area (Å²) in [6.07, 6.45) is -1.16. The van der Waals surface area contributed by atoms with E-state index in [1.165, 1.54) is 6.07 Å². The molecular weight excluding hydrogens is 287 g/mol. The van der Waals surface area contributed by atoms with E-state index < -0.39 is 11.7 Å². The predicted molar refractivity (Wildman–Crippen MR) is 77.9 cm³/mol. The SMILES string of the molecule is NC(=S)Nc1cc(C(F)(F)F)ccc1N1CCCCC1. The number of halogens is 3. The van der Waals surface area contributed by atoms with Gasteiger partial charge in [0.05, 0.1) is 16.9 Å². The van der Waals surface area contributed by atoms with Gasteiger partial charge in [-0.15, -0.1) is 0 Å². The van der Waals surface area contributed by atoms with E-state index in [4.69, 9.17) is 18.0 Å². The standard InChI is InChI=1S/C13H16F3N3S/c14-13(15,16)9-4-5-11(10(8-9)18-12(17)20)19-6-2-1-3-7-19/h4-5,8H,1-3,6-7H2,(H3,17,18,20). The van der Waals surface area contributed by atoms with Crippen molar-refractivity contribution in [2.75, 3.05) is 23.3 Å². The lowest BCUT2D eigenvalue weighted by Gasteiger charge is -2.31. The lowest BCUT2D eigenvalue weighted by atomic mass is 10.1. The number of hydrogen-bond donors (Lipinski definition) is 2. The van der Waals surface area contributed by atoms with Gasteiger partial charge in [0.15, 0.2) is 5.11 Å². The summed E-state index contributed by atoms with van der Waals surface area (Å²) in [5.74, 6) is 0. The first-order valence-electron chi connectivity index (χ1n) is 6.40. The molecule has 0 saturated carbocycles. The molecule has 1 aromatic rings.